The Labute approximate surface area is 436 Å². The molecule has 0 spiro atoms. The normalized spacial score (nSPS) is 13.4. The van der Waals surface area contributed by atoms with Crippen molar-refractivity contribution in [3.63, 3.8) is 0 Å². The van der Waals surface area contributed by atoms with E-state index in [0.717, 1.165) is 61.4 Å². The summed E-state index contributed by atoms with van der Waals surface area (Å²) in [6, 6.07) is 66.1. The first-order valence-electron chi connectivity index (χ1n) is 24.5. The fourth-order valence-corrected chi connectivity index (χ4v) is 9.45. The fraction of sp³-hybridized carbons (Fsp3) is 0.231. The van der Waals surface area contributed by atoms with Crippen molar-refractivity contribution >= 4 is 38.9 Å². The molecule has 2 aromatic heterocycles. The number of fused-ring (bicyclic) bond motifs is 3. The standard InChI is InChI=1S/C65H63N4O.Pt/c1-62(2,3)48-31-32-66-61(39-48)69-58-30-27-46(44-21-15-12-16-22-44)33-57(58)56-29-28-54(41-59(56)69)70-55-38-51(65(10,11)47-25-19-14-20-26-47)37-53(40-55)68-43-67(42-60(68)45-23-17-13-18-24-45)52-35-49(63(4,5)6)34-50(36-52)64(7,8)9;/h12-39,42-43H,1-11H3;/q-3;. The van der Waals surface area contributed by atoms with E-state index < -0.39 is 0 Å². The topological polar surface area (TPSA) is 33.5 Å². The van der Waals surface area contributed by atoms with Gasteiger partial charge >= 0.3 is 0 Å². The Morgan fingerprint density at radius 1 is 0.493 bits per heavy atom. The van der Waals surface area contributed by atoms with Gasteiger partial charge < -0.3 is 19.1 Å². The molecule has 0 fully saturated rings. The number of benzene rings is 7. The van der Waals surface area contributed by atoms with Crippen LogP contribution in [0.4, 0.5) is 11.4 Å². The minimum Gasteiger partial charge on any atom is -0.509 e. The molecule has 0 radical (unpaired) electrons. The Kier molecular flexibility index (Phi) is 13.1. The van der Waals surface area contributed by atoms with Gasteiger partial charge in [-0.25, -0.2) is 4.98 Å². The molecule has 0 atom stereocenters. The summed E-state index contributed by atoms with van der Waals surface area (Å²) < 4.78 is 9.29. The Balaban J connectivity index is 0.00000624. The van der Waals surface area contributed by atoms with E-state index in [9.17, 15) is 0 Å². The number of pyridine rings is 1. The zero-order valence-corrected chi connectivity index (χ0v) is 45.1. The SMILES string of the molecule is CC(C)(C)c1cc(N2C=C(c3ccccc3)N(c3[c-]c(Oc4[c-]c5c(cc4)c4cc(-c6ccccc6)ccc4n5-c4cc(C(C)(C)C)ccn4)cc(C(C)(C)c4ccccc4)c3)[CH-]2)cc(C(C)(C)C)c1.[Pt]. The van der Waals surface area contributed by atoms with Gasteiger partial charge in [0.2, 0.25) is 0 Å². The molecule has 1 aliphatic heterocycles. The van der Waals surface area contributed by atoms with Crippen LogP contribution in [0.25, 0.3) is 44.4 Å². The Hall–Kier alpha value is -6.68. The number of aromatic nitrogens is 2. The molecule has 0 aliphatic carbocycles. The van der Waals surface area contributed by atoms with E-state index in [1.807, 2.05) is 12.3 Å². The summed E-state index contributed by atoms with van der Waals surface area (Å²) in [7, 11) is 0. The molecule has 0 saturated heterocycles. The van der Waals surface area contributed by atoms with Crippen LogP contribution in [0.5, 0.6) is 11.5 Å². The molecule has 7 aromatic carbocycles. The molecule has 6 heteroatoms. The van der Waals surface area contributed by atoms with E-state index in [1.165, 1.54) is 27.8 Å². The van der Waals surface area contributed by atoms with Gasteiger partial charge in [-0.3, -0.25) is 0 Å². The molecule has 0 amide bonds. The molecule has 3 heterocycles. The zero-order valence-electron chi connectivity index (χ0n) is 42.8. The van der Waals surface area contributed by atoms with E-state index in [0.29, 0.717) is 11.5 Å². The molecule has 71 heavy (non-hydrogen) atoms. The van der Waals surface area contributed by atoms with E-state index in [4.69, 9.17) is 9.72 Å². The van der Waals surface area contributed by atoms with Crippen molar-refractivity contribution in [1.29, 1.82) is 0 Å². The first-order chi connectivity index (χ1) is 33.3. The second kappa shape index (κ2) is 18.8. The third kappa shape index (κ3) is 9.87. The summed E-state index contributed by atoms with van der Waals surface area (Å²) in [6.45, 7) is 27.2. The third-order valence-electron chi connectivity index (χ3n) is 13.9. The number of hydrogen-bond donors (Lipinski definition) is 0. The number of hydrogen-bond acceptors (Lipinski definition) is 4. The van der Waals surface area contributed by atoms with Gasteiger partial charge in [0.1, 0.15) is 5.82 Å². The van der Waals surface area contributed by atoms with Gasteiger partial charge in [-0.05, 0) is 103 Å². The largest absolute Gasteiger partial charge is 0.509 e. The second-order valence-corrected chi connectivity index (χ2v) is 22.4. The van der Waals surface area contributed by atoms with Crippen LogP contribution in [0.2, 0.25) is 0 Å². The van der Waals surface area contributed by atoms with Crippen LogP contribution < -0.4 is 14.5 Å². The summed E-state index contributed by atoms with van der Waals surface area (Å²) >= 11 is 0. The fourth-order valence-electron chi connectivity index (χ4n) is 9.45. The summed E-state index contributed by atoms with van der Waals surface area (Å²) in [5.74, 6) is 2.02. The second-order valence-electron chi connectivity index (χ2n) is 22.4. The monoisotopic (exact) mass is 1110 g/mol. The zero-order chi connectivity index (χ0) is 49.2. The van der Waals surface area contributed by atoms with Crippen LogP contribution in [0, 0.1) is 18.8 Å². The van der Waals surface area contributed by atoms with Crippen LogP contribution in [0.3, 0.4) is 0 Å². The van der Waals surface area contributed by atoms with Crippen molar-refractivity contribution in [3.05, 3.63) is 228 Å². The Bertz CT molecular complexity index is 3370. The molecule has 1 aliphatic rings. The van der Waals surface area contributed by atoms with Crippen molar-refractivity contribution in [2.24, 2.45) is 0 Å². The van der Waals surface area contributed by atoms with Gasteiger partial charge in [0, 0.05) is 55.7 Å². The number of nitrogens with zero attached hydrogens (tertiary/aromatic N) is 4. The quantitative estimate of drug-likeness (QED) is 0.135. The first-order valence-corrected chi connectivity index (χ1v) is 24.5. The number of rotatable bonds is 9. The minimum atomic E-state index is -0.387. The van der Waals surface area contributed by atoms with Gasteiger partial charge in [0.05, 0.1) is 0 Å². The smallest absolute Gasteiger partial charge is 0.135 e. The average molecular weight is 1110 g/mol. The molecule has 5 nitrogen and oxygen atoms in total. The van der Waals surface area contributed by atoms with Crippen LogP contribution in [0.1, 0.15) is 110 Å². The van der Waals surface area contributed by atoms with Gasteiger partial charge in [0.25, 0.3) is 0 Å². The van der Waals surface area contributed by atoms with Gasteiger partial charge in [-0.2, -0.15) is 6.07 Å². The Morgan fingerprint density at radius 2 is 1.11 bits per heavy atom. The van der Waals surface area contributed by atoms with Crippen molar-refractivity contribution in [3.8, 4) is 28.4 Å². The molecular formula is C65H63N4OPt-3. The molecular weight excluding hydrogens is 1050 g/mol. The van der Waals surface area contributed by atoms with E-state index >= 15 is 0 Å². The summed E-state index contributed by atoms with van der Waals surface area (Å²) in [5.41, 5.74) is 14.0. The van der Waals surface area contributed by atoms with Gasteiger partial charge in [0.15, 0.2) is 0 Å². The molecule has 10 rings (SSSR count). The van der Waals surface area contributed by atoms with Crippen LogP contribution in [-0.4, -0.2) is 9.55 Å². The molecule has 0 bridgehead atoms. The molecule has 0 N–H and O–H groups in total. The van der Waals surface area contributed by atoms with E-state index in [-0.39, 0.29) is 42.7 Å². The Morgan fingerprint density at radius 3 is 1.75 bits per heavy atom. The maximum Gasteiger partial charge on any atom is 0.135 e. The molecule has 9 aromatic rings. The number of anilines is 2. The van der Waals surface area contributed by atoms with Gasteiger partial charge in [-0.1, -0.05) is 191 Å². The first kappa shape index (κ1) is 49.3. The summed E-state index contributed by atoms with van der Waals surface area (Å²) in [5, 5.41) is 2.20. The van der Waals surface area contributed by atoms with Crippen molar-refractivity contribution in [2.75, 3.05) is 9.80 Å². The summed E-state index contributed by atoms with van der Waals surface area (Å²) in [6.07, 6.45) is 4.17. The summed E-state index contributed by atoms with van der Waals surface area (Å²) in [4.78, 5) is 9.51. The molecule has 0 saturated carbocycles. The van der Waals surface area contributed by atoms with Crippen LogP contribution in [0.15, 0.2) is 176 Å². The van der Waals surface area contributed by atoms with Crippen LogP contribution in [-0.2, 0) is 42.7 Å². The predicted octanol–water partition coefficient (Wildman–Crippen LogP) is 16.9. The molecule has 362 valence electrons. The third-order valence-corrected chi connectivity index (χ3v) is 13.9. The predicted molar refractivity (Wildman–Crippen MR) is 293 cm³/mol. The minimum absolute atomic E-state index is 0. The van der Waals surface area contributed by atoms with E-state index in [1.54, 1.807) is 0 Å². The maximum absolute atomic E-state index is 7.06. The van der Waals surface area contributed by atoms with E-state index in [2.05, 4.69) is 273 Å². The van der Waals surface area contributed by atoms with Crippen LogP contribution >= 0.6 is 0 Å². The average Bonchev–Trinajstić information content (AvgIpc) is 3.94. The van der Waals surface area contributed by atoms with Gasteiger partial charge in [-0.15, -0.1) is 53.6 Å². The van der Waals surface area contributed by atoms with Crippen molar-refractivity contribution < 1.29 is 25.8 Å². The molecule has 0 unspecified atom stereocenters. The maximum atomic E-state index is 7.06. The number of ether oxygens (including phenoxy) is 1. The van der Waals surface area contributed by atoms with Crippen molar-refractivity contribution in [2.45, 2.75) is 97.8 Å². The van der Waals surface area contributed by atoms with Crippen molar-refractivity contribution in [1.82, 2.24) is 9.55 Å².